The van der Waals surface area contributed by atoms with E-state index in [0.717, 1.165) is 14.5 Å². The molecule has 0 aliphatic heterocycles. The number of hydrogen-bond donors (Lipinski definition) is 2. The van der Waals surface area contributed by atoms with E-state index >= 15 is 0 Å². The van der Waals surface area contributed by atoms with E-state index in [9.17, 15) is 0 Å². The average Bonchev–Trinajstić information content (AvgIpc) is 2.37. The molecule has 0 unspecified atom stereocenters. The normalized spacial score (nSPS) is 10.5. The Bertz CT molecular complexity index is 669. The minimum absolute atomic E-state index is 0.534. The van der Waals surface area contributed by atoms with Crippen LogP contribution >= 0.6 is 45.2 Å². The van der Waals surface area contributed by atoms with Crippen molar-refractivity contribution in [3.8, 4) is 12.5 Å². The van der Waals surface area contributed by atoms with Gasteiger partial charge < -0.3 is 0 Å². The van der Waals surface area contributed by atoms with Gasteiger partial charge in [-0.3, -0.25) is 0 Å². The average molecular weight is 732 g/mol. The predicted molar refractivity (Wildman–Crippen MR) is 89.3 cm³/mol. The van der Waals surface area contributed by atoms with Crippen molar-refractivity contribution >= 4 is 56.8 Å². The molecule has 0 saturated heterocycles. The standard InChI is InChI=1S/C12H8I4N4O/c1-2-18-12-4-7(13)3-10(20-12)16-21-15-8-5-9(14)19-11(17)6-8/h1,3-6H,(H2,17,19)(H,18,20)/q-2. The molecule has 21 heavy (non-hydrogen) atoms. The van der Waals surface area contributed by atoms with Crippen molar-refractivity contribution in [1.82, 2.24) is 9.97 Å². The molecule has 2 rings (SSSR count). The fourth-order valence-corrected chi connectivity index (χ4v) is 8.77. The third kappa shape index (κ3) is 6.15. The molecule has 9 heteroatoms. The van der Waals surface area contributed by atoms with Gasteiger partial charge in [0, 0.05) is 0 Å². The quantitative estimate of drug-likeness (QED) is 0.144. The van der Waals surface area contributed by atoms with Gasteiger partial charge in [-0.05, 0) is 0 Å². The molecule has 0 fully saturated rings. The van der Waals surface area contributed by atoms with Crippen molar-refractivity contribution in [3.05, 3.63) is 38.8 Å². The van der Waals surface area contributed by atoms with Gasteiger partial charge in [-0.25, -0.2) is 0 Å². The summed E-state index contributed by atoms with van der Waals surface area (Å²) in [7, 11) is 0. The summed E-state index contributed by atoms with van der Waals surface area (Å²) in [6.45, 7) is 0. The van der Waals surface area contributed by atoms with Crippen LogP contribution in [0.4, 0.5) is 11.6 Å². The zero-order valence-corrected chi connectivity index (χ0v) is 18.9. The van der Waals surface area contributed by atoms with Gasteiger partial charge in [-0.2, -0.15) is 0 Å². The van der Waals surface area contributed by atoms with Gasteiger partial charge in [-0.15, -0.1) is 0 Å². The van der Waals surface area contributed by atoms with E-state index in [1.54, 1.807) is 0 Å². The van der Waals surface area contributed by atoms with Crippen LogP contribution < -0.4 is 54.3 Å². The topological polar surface area (TPSA) is 73.1 Å². The Hall–Kier alpha value is 0.340. The van der Waals surface area contributed by atoms with Crippen molar-refractivity contribution in [2.75, 3.05) is 11.1 Å². The second-order valence-electron chi connectivity index (χ2n) is 3.51. The van der Waals surface area contributed by atoms with Crippen LogP contribution in [-0.2, 0) is 1.40 Å². The van der Waals surface area contributed by atoms with E-state index in [0.29, 0.717) is 11.6 Å². The molecule has 0 bridgehead atoms. The van der Waals surface area contributed by atoms with Crippen LogP contribution in [0.1, 0.15) is 0 Å². The van der Waals surface area contributed by atoms with E-state index in [4.69, 9.17) is 13.6 Å². The number of halogens is 4. The van der Waals surface area contributed by atoms with Crippen molar-refractivity contribution in [2.45, 2.75) is 0 Å². The molecule has 5 nitrogen and oxygen atoms in total. The molecule has 112 valence electrons. The molecule has 2 aromatic rings. The van der Waals surface area contributed by atoms with Crippen LogP contribution in [0.5, 0.6) is 0 Å². The van der Waals surface area contributed by atoms with Crippen molar-refractivity contribution < 1.29 is 44.6 Å². The molecule has 3 N–H and O–H groups in total. The van der Waals surface area contributed by atoms with Crippen LogP contribution in [0.25, 0.3) is 0 Å². The number of pyridine rings is 2. The van der Waals surface area contributed by atoms with E-state index in [1.807, 2.05) is 24.3 Å². The number of nitrogen functional groups attached to an aromatic ring is 1. The second kappa shape index (κ2) is 8.84. The summed E-state index contributed by atoms with van der Waals surface area (Å²) in [5, 5.41) is 2.77. The number of aromatic nitrogens is 2. The molecule has 0 aromatic carbocycles. The fraction of sp³-hybridized carbons (Fsp3) is 0. The van der Waals surface area contributed by atoms with Gasteiger partial charge >= 0.3 is 174 Å². The van der Waals surface area contributed by atoms with Gasteiger partial charge in [0.1, 0.15) is 0 Å². The summed E-state index contributed by atoms with van der Waals surface area (Å²) in [5.41, 5.74) is 5.73. The number of nitrogens with zero attached hydrogens (tertiary/aromatic N) is 2. The molecule has 2 heterocycles. The van der Waals surface area contributed by atoms with Gasteiger partial charge in [-0.1, -0.05) is 0 Å². The third-order valence-corrected chi connectivity index (χ3v) is 7.84. The number of terminal acetylenes is 1. The fourth-order valence-electron chi connectivity index (χ4n) is 1.25. The van der Waals surface area contributed by atoms with Gasteiger partial charge in [0.05, 0.1) is 0 Å². The summed E-state index contributed by atoms with van der Waals surface area (Å²) < 4.78 is 9.94. The SMILES string of the molecule is C#CNc1cc(I)cc([I-]O[I-]c2cc(N)nc(I)c2)n1. The van der Waals surface area contributed by atoms with E-state index in [1.165, 1.54) is 0 Å². The zero-order chi connectivity index (χ0) is 15.2. The summed E-state index contributed by atoms with van der Waals surface area (Å²) in [4.78, 5) is 8.57. The van der Waals surface area contributed by atoms with Crippen molar-refractivity contribution in [2.24, 2.45) is 0 Å². The maximum absolute atomic E-state index is 5.89. The molecule has 0 aliphatic rings. The number of hydrogen-bond acceptors (Lipinski definition) is 5. The Kier molecular flexibility index (Phi) is 7.44. The first kappa shape index (κ1) is 17.7. The van der Waals surface area contributed by atoms with Crippen molar-refractivity contribution in [3.63, 3.8) is 0 Å². The Morgan fingerprint density at radius 1 is 1.19 bits per heavy atom. The Morgan fingerprint density at radius 3 is 2.71 bits per heavy atom. The summed E-state index contributed by atoms with van der Waals surface area (Å²) in [6.07, 6.45) is 5.23. The van der Waals surface area contributed by atoms with Gasteiger partial charge in [0.15, 0.2) is 0 Å². The molecule has 0 aliphatic carbocycles. The van der Waals surface area contributed by atoms with Crippen LogP contribution in [0.15, 0.2) is 24.3 Å². The first-order valence-corrected chi connectivity index (χ1v) is 11.4. The first-order valence-electron chi connectivity index (χ1n) is 5.35. The zero-order valence-electron chi connectivity index (χ0n) is 10.3. The molecule has 0 amide bonds. The van der Waals surface area contributed by atoms with E-state index in [2.05, 4.69) is 66.5 Å². The molecule has 2 aromatic heterocycles. The molecule has 0 spiro atoms. The van der Waals surface area contributed by atoms with Gasteiger partial charge in [0.25, 0.3) is 0 Å². The van der Waals surface area contributed by atoms with E-state index in [-0.39, 0.29) is 0 Å². The van der Waals surface area contributed by atoms with Crippen LogP contribution in [0.3, 0.4) is 0 Å². The van der Waals surface area contributed by atoms with Crippen LogP contribution in [0, 0.1) is 27.0 Å². The predicted octanol–water partition coefficient (Wildman–Crippen LogP) is -3.67. The third-order valence-electron chi connectivity index (χ3n) is 1.96. The summed E-state index contributed by atoms with van der Waals surface area (Å²) in [5.74, 6) is 1.22. The number of nitrogens with two attached hydrogens (primary N) is 1. The summed E-state index contributed by atoms with van der Waals surface area (Å²) in [6, 6.07) is 10.2. The second-order valence-corrected chi connectivity index (χ2v) is 11.7. The molecular formula is C12H8I4N4O-2. The Labute approximate surface area is 171 Å². The monoisotopic (exact) mass is 732 g/mol. The maximum atomic E-state index is 5.89. The Morgan fingerprint density at radius 2 is 2.00 bits per heavy atom. The Balaban J connectivity index is 1.98. The first-order chi connectivity index (χ1) is 10.1. The van der Waals surface area contributed by atoms with Gasteiger partial charge in [0.2, 0.25) is 0 Å². The van der Waals surface area contributed by atoms with Crippen LogP contribution in [-0.4, -0.2) is 9.97 Å². The molecule has 0 saturated carbocycles. The molecule has 0 atom stereocenters. The number of anilines is 2. The molecule has 0 radical (unpaired) electrons. The van der Waals surface area contributed by atoms with E-state index < -0.39 is 43.2 Å². The van der Waals surface area contributed by atoms with Crippen molar-refractivity contribution in [1.29, 1.82) is 0 Å². The molecular weight excluding hydrogens is 724 g/mol. The number of nitrogens with one attached hydrogen (secondary N) is 1. The van der Waals surface area contributed by atoms with Crippen LogP contribution in [0.2, 0.25) is 0 Å². The summed E-state index contributed by atoms with van der Waals surface area (Å²) >= 11 is 3.25. The minimum atomic E-state index is -0.603. The number of rotatable bonds is 5.